The Morgan fingerprint density at radius 2 is 1.44 bits per heavy atom. The monoisotopic (exact) mass is 369 g/mol. The fourth-order valence-corrected chi connectivity index (χ4v) is 2.41. The van der Waals surface area contributed by atoms with Crippen molar-refractivity contribution >= 4 is 23.3 Å². The van der Waals surface area contributed by atoms with E-state index in [1.54, 1.807) is 57.7 Å². The van der Waals surface area contributed by atoms with Gasteiger partial charge >= 0.3 is 0 Å². The summed E-state index contributed by atoms with van der Waals surface area (Å²) in [6.07, 6.45) is 1.37. The highest BCUT2D eigenvalue weighted by Crippen LogP contribution is 2.40. The van der Waals surface area contributed by atoms with Crippen molar-refractivity contribution in [3.05, 3.63) is 42.7 Å². The van der Waals surface area contributed by atoms with Crippen LogP contribution in [-0.4, -0.2) is 41.4 Å². The molecule has 0 aliphatic carbocycles. The summed E-state index contributed by atoms with van der Waals surface area (Å²) in [5.74, 6) is 2.29. The third kappa shape index (κ3) is 4.27. The molecule has 0 amide bonds. The molecule has 2 aromatic carbocycles. The predicted octanol–water partition coefficient (Wildman–Crippen LogP) is 3.09. The topological polar surface area (TPSA) is 111 Å². The number of methoxy groups -OCH3 is 3. The van der Waals surface area contributed by atoms with Crippen LogP contribution in [0.4, 0.5) is 23.3 Å². The van der Waals surface area contributed by atoms with Gasteiger partial charge in [-0.15, -0.1) is 0 Å². The molecule has 1 heterocycles. The van der Waals surface area contributed by atoms with E-state index in [4.69, 9.17) is 14.2 Å². The molecular formula is C18H19N5O4. The molecule has 3 rings (SSSR count). The van der Waals surface area contributed by atoms with E-state index >= 15 is 0 Å². The predicted molar refractivity (Wildman–Crippen MR) is 101 cm³/mol. The van der Waals surface area contributed by atoms with Crippen LogP contribution in [0.5, 0.6) is 23.0 Å². The molecule has 9 nitrogen and oxygen atoms in total. The van der Waals surface area contributed by atoms with Crippen molar-refractivity contribution in [3.8, 4) is 23.0 Å². The number of anilines is 4. The quantitative estimate of drug-likeness (QED) is 0.578. The van der Waals surface area contributed by atoms with E-state index < -0.39 is 0 Å². The normalized spacial score (nSPS) is 10.2. The summed E-state index contributed by atoms with van der Waals surface area (Å²) < 4.78 is 16.0. The number of ether oxygens (including phenoxy) is 3. The number of rotatable bonds is 7. The van der Waals surface area contributed by atoms with Gasteiger partial charge in [0.1, 0.15) is 12.1 Å². The highest BCUT2D eigenvalue weighted by Gasteiger charge is 2.14. The number of benzene rings is 2. The molecule has 0 aliphatic rings. The fourth-order valence-electron chi connectivity index (χ4n) is 2.41. The van der Waals surface area contributed by atoms with Crippen LogP contribution in [0.15, 0.2) is 42.7 Å². The Morgan fingerprint density at radius 1 is 0.815 bits per heavy atom. The smallest absolute Gasteiger partial charge is 0.232 e. The first kappa shape index (κ1) is 18.1. The number of nitrogens with one attached hydrogen (secondary N) is 2. The lowest BCUT2D eigenvalue weighted by atomic mass is 10.2. The summed E-state index contributed by atoms with van der Waals surface area (Å²) in [5, 5.41) is 15.6. The van der Waals surface area contributed by atoms with Gasteiger partial charge in [-0.05, 0) is 12.1 Å². The molecule has 0 saturated heterocycles. The Bertz CT molecular complexity index is 910. The van der Waals surface area contributed by atoms with Gasteiger partial charge in [-0.2, -0.15) is 4.98 Å². The van der Waals surface area contributed by atoms with E-state index in [9.17, 15) is 5.11 Å². The second-order valence-corrected chi connectivity index (χ2v) is 5.35. The standard InChI is InChI=1S/C18H19N5O4/c1-25-14-8-12(9-15(26-2)16(14)27-3)22-18-20-10-19-17(23-18)21-11-5-4-6-13(24)7-11/h4-10,24H,1-3H3,(H2,19,20,21,22,23). The summed E-state index contributed by atoms with van der Waals surface area (Å²) in [6.45, 7) is 0. The lowest BCUT2D eigenvalue weighted by Crippen LogP contribution is -2.03. The summed E-state index contributed by atoms with van der Waals surface area (Å²) in [5.41, 5.74) is 1.30. The van der Waals surface area contributed by atoms with Crippen LogP contribution in [0.1, 0.15) is 0 Å². The zero-order valence-corrected chi connectivity index (χ0v) is 15.1. The fraction of sp³-hybridized carbons (Fsp3) is 0.167. The number of phenolic OH excluding ortho intramolecular Hbond substituents is 1. The van der Waals surface area contributed by atoms with Crippen LogP contribution < -0.4 is 24.8 Å². The molecule has 9 heteroatoms. The van der Waals surface area contributed by atoms with Crippen molar-refractivity contribution in [2.75, 3.05) is 32.0 Å². The first-order valence-corrected chi connectivity index (χ1v) is 7.95. The van der Waals surface area contributed by atoms with Gasteiger partial charge < -0.3 is 30.0 Å². The first-order valence-electron chi connectivity index (χ1n) is 7.95. The van der Waals surface area contributed by atoms with Gasteiger partial charge in [-0.3, -0.25) is 0 Å². The van der Waals surface area contributed by atoms with Gasteiger partial charge in [0.2, 0.25) is 17.6 Å². The van der Waals surface area contributed by atoms with Crippen LogP contribution in [-0.2, 0) is 0 Å². The van der Waals surface area contributed by atoms with Gasteiger partial charge in [0, 0.05) is 29.6 Å². The molecule has 0 bridgehead atoms. The molecule has 1 aromatic heterocycles. The maximum absolute atomic E-state index is 9.54. The van der Waals surface area contributed by atoms with Gasteiger partial charge in [-0.25, -0.2) is 9.97 Å². The van der Waals surface area contributed by atoms with Crippen molar-refractivity contribution in [3.63, 3.8) is 0 Å². The van der Waals surface area contributed by atoms with E-state index in [1.807, 2.05) is 0 Å². The van der Waals surface area contributed by atoms with Crippen LogP contribution in [0, 0.1) is 0 Å². The highest BCUT2D eigenvalue weighted by atomic mass is 16.5. The maximum atomic E-state index is 9.54. The number of hydrogen-bond acceptors (Lipinski definition) is 9. The molecule has 0 aliphatic heterocycles. The van der Waals surface area contributed by atoms with E-state index in [2.05, 4.69) is 25.6 Å². The molecule has 27 heavy (non-hydrogen) atoms. The largest absolute Gasteiger partial charge is 0.508 e. The molecule has 0 fully saturated rings. The van der Waals surface area contributed by atoms with Crippen molar-refractivity contribution in [1.82, 2.24) is 15.0 Å². The minimum Gasteiger partial charge on any atom is -0.508 e. The molecule has 3 N–H and O–H groups in total. The van der Waals surface area contributed by atoms with Crippen molar-refractivity contribution in [2.24, 2.45) is 0 Å². The Balaban J connectivity index is 1.84. The maximum Gasteiger partial charge on any atom is 0.232 e. The minimum atomic E-state index is 0.143. The van der Waals surface area contributed by atoms with Gasteiger partial charge in [0.05, 0.1) is 21.3 Å². The number of nitrogens with zero attached hydrogens (tertiary/aromatic N) is 3. The number of aromatic hydroxyl groups is 1. The summed E-state index contributed by atoms with van der Waals surface area (Å²) in [6, 6.07) is 10.1. The molecule has 0 spiro atoms. The summed E-state index contributed by atoms with van der Waals surface area (Å²) >= 11 is 0. The number of phenols is 1. The lowest BCUT2D eigenvalue weighted by Gasteiger charge is -2.14. The molecule has 0 saturated carbocycles. The van der Waals surface area contributed by atoms with Gasteiger partial charge in [0.15, 0.2) is 11.5 Å². The Hall–Kier alpha value is -3.75. The zero-order valence-electron chi connectivity index (χ0n) is 15.1. The molecule has 140 valence electrons. The molecular weight excluding hydrogens is 350 g/mol. The SMILES string of the molecule is COc1cc(Nc2ncnc(Nc3cccc(O)c3)n2)cc(OC)c1OC. The second kappa shape index (κ2) is 8.09. The van der Waals surface area contributed by atoms with Crippen molar-refractivity contribution in [1.29, 1.82) is 0 Å². The number of aromatic nitrogens is 3. The van der Waals surface area contributed by atoms with Crippen LogP contribution in [0.2, 0.25) is 0 Å². The average molecular weight is 369 g/mol. The second-order valence-electron chi connectivity index (χ2n) is 5.35. The van der Waals surface area contributed by atoms with Crippen LogP contribution >= 0.6 is 0 Å². The Morgan fingerprint density at radius 3 is 2.00 bits per heavy atom. The van der Waals surface area contributed by atoms with Gasteiger partial charge in [-0.1, -0.05) is 6.07 Å². The summed E-state index contributed by atoms with van der Waals surface area (Å²) in [7, 11) is 4.63. The van der Waals surface area contributed by atoms with E-state index in [-0.39, 0.29) is 5.75 Å². The highest BCUT2D eigenvalue weighted by molar-refractivity contribution is 5.66. The molecule has 0 radical (unpaired) electrons. The third-order valence-corrected chi connectivity index (χ3v) is 3.60. The average Bonchev–Trinajstić information content (AvgIpc) is 2.67. The Kier molecular flexibility index (Phi) is 5.41. The van der Waals surface area contributed by atoms with E-state index in [1.165, 1.54) is 6.33 Å². The van der Waals surface area contributed by atoms with Gasteiger partial charge in [0.25, 0.3) is 0 Å². The first-order chi connectivity index (χ1) is 13.1. The van der Waals surface area contributed by atoms with Crippen molar-refractivity contribution < 1.29 is 19.3 Å². The van der Waals surface area contributed by atoms with E-state index in [0.29, 0.717) is 40.5 Å². The molecule has 0 atom stereocenters. The van der Waals surface area contributed by atoms with Crippen LogP contribution in [0.3, 0.4) is 0 Å². The molecule has 3 aromatic rings. The number of hydrogen-bond donors (Lipinski definition) is 3. The zero-order chi connectivity index (χ0) is 19.2. The Labute approximate surface area is 156 Å². The molecule has 0 unspecified atom stereocenters. The summed E-state index contributed by atoms with van der Waals surface area (Å²) in [4.78, 5) is 12.5. The van der Waals surface area contributed by atoms with Crippen molar-refractivity contribution in [2.45, 2.75) is 0 Å². The van der Waals surface area contributed by atoms with Crippen LogP contribution in [0.25, 0.3) is 0 Å². The minimum absolute atomic E-state index is 0.143. The van der Waals surface area contributed by atoms with E-state index in [0.717, 1.165) is 0 Å². The third-order valence-electron chi connectivity index (χ3n) is 3.60. The lowest BCUT2D eigenvalue weighted by molar-refractivity contribution is 0.324.